The van der Waals surface area contributed by atoms with Gasteiger partial charge in [-0.2, -0.15) is 0 Å². The Balaban J connectivity index is 0.000000446. The quantitative estimate of drug-likeness (QED) is 0.164. The second-order valence-corrected chi connectivity index (χ2v) is 11.2. The number of hydrogen-bond donors (Lipinski definition) is 5. The third-order valence-electron chi connectivity index (χ3n) is 7.55. The highest BCUT2D eigenvalue weighted by molar-refractivity contribution is 6.32. The number of hydrogen-bond acceptors (Lipinski definition) is 8. The summed E-state index contributed by atoms with van der Waals surface area (Å²) in [5, 5.41) is 39.6. The number of carboxylic acid groups (broad SMARTS) is 4. The molecule has 1 fully saturated rings. The fourth-order valence-corrected chi connectivity index (χ4v) is 5.29. The Morgan fingerprint density at radius 1 is 0.875 bits per heavy atom. The molecule has 1 aliphatic heterocycles. The lowest BCUT2D eigenvalue weighted by atomic mass is 9.93. The highest BCUT2D eigenvalue weighted by Gasteiger charge is 2.23. The van der Waals surface area contributed by atoms with E-state index in [4.69, 9.17) is 60.9 Å². The van der Waals surface area contributed by atoms with Crippen molar-refractivity contribution in [1.82, 2.24) is 14.5 Å². The number of phenolic OH excluding ortho intramolecular Hbond substituents is 1. The first-order valence-electron chi connectivity index (χ1n) is 14.7. The van der Waals surface area contributed by atoms with E-state index in [-0.39, 0.29) is 5.82 Å². The number of carboxylic acids is 4. The van der Waals surface area contributed by atoms with Crippen LogP contribution in [0.25, 0.3) is 11.0 Å². The summed E-state index contributed by atoms with van der Waals surface area (Å²) in [5.74, 6) is -5.02. The van der Waals surface area contributed by atoms with E-state index in [0.29, 0.717) is 29.0 Å². The summed E-state index contributed by atoms with van der Waals surface area (Å²) >= 11 is 6.40. The number of aliphatic carboxylic acids is 4. The van der Waals surface area contributed by atoms with E-state index in [9.17, 15) is 9.50 Å². The maximum absolute atomic E-state index is 13.5. The number of benzene rings is 3. The largest absolute Gasteiger partial charge is 0.508 e. The molecule has 1 saturated heterocycles. The van der Waals surface area contributed by atoms with Crippen LogP contribution in [0.4, 0.5) is 4.39 Å². The van der Waals surface area contributed by atoms with Gasteiger partial charge < -0.3 is 39.7 Å². The van der Waals surface area contributed by atoms with Gasteiger partial charge in [0.1, 0.15) is 23.1 Å². The third kappa shape index (κ3) is 11.2. The molecule has 1 aliphatic rings. The van der Waals surface area contributed by atoms with Crippen LogP contribution in [0.3, 0.4) is 0 Å². The van der Waals surface area contributed by atoms with E-state index < -0.39 is 23.9 Å². The molecule has 5 N–H and O–H groups in total. The standard InChI is InChI=1S/C29H31ClFN3O2.2C2H2O4/c1-36-28-18-27-26(17-25(28)30)32-29(34(27)19-22-2-6-23(31)7-3-22)16-21-11-14-33(15-12-21)13-10-20-4-8-24(35)9-5-20;2*3-1(4)2(5)6/h2-9,17-18,21,35H,10-16,19H2,1H3;2*(H,3,4)(H,5,6). The molecule has 5 rings (SSSR count). The molecule has 1 aromatic heterocycles. The highest BCUT2D eigenvalue weighted by atomic mass is 35.5. The maximum Gasteiger partial charge on any atom is 0.414 e. The molecule has 48 heavy (non-hydrogen) atoms. The van der Waals surface area contributed by atoms with Crippen LogP contribution in [-0.2, 0) is 38.6 Å². The van der Waals surface area contributed by atoms with Crippen molar-refractivity contribution in [3.63, 3.8) is 0 Å². The summed E-state index contributed by atoms with van der Waals surface area (Å²) in [6.07, 6.45) is 4.13. The molecule has 2 heterocycles. The summed E-state index contributed by atoms with van der Waals surface area (Å²) in [7, 11) is 1.62. The van der Waals surface area contributed by atoms with Gasteiger partial charge in [-0.05, 0) is 79.7 Å². The van der Waals surface area contributed by atoms with E-state index >= 15 is 0 Å². The smallest absolute Gasteiger partial charge is 0.414 e. The van der Waals surface area contributed by atoms with Crippen molar-refractivity contribution in [2.45, 2.75) is 32.2 Å². The average Bonchev–Trinajstić information content (AvgIpc) is 3.37. The lowest BCUT2D eigenvalue weighted by Gasteiger charge is -2.32. The van der Waals surface area contributed by atoms with Crippen LogP contribution in [0.2, 0.25) is 5.02 Å². The number of imidazole rings is 1. The second kappa shape index (κ2) is 17.6. The summed E-state index contributed by atoms with van der Waals surface area (Å²) < 4.78 is 21.2. The normalized spacial score (nSPS) is 13.1. The van der Waals surface area contributed by atoms with Gasteiger partial charge in [-0.25, -0.2) is 28.6 Å². The predicted octanol–water partition coefficient (Wildman–Crippen LogP) is 4.40. The van der Waals surface area contributed by atoms with Crippen molar-refractivity contribution in [3.8, 4) is 11.5 Å². The lowest BCUT2D eigenvalue weighted by molar-refractivity contribution is -0.159. The Morgan fingerprint density at radius 2 is 1.42 bits per heavy atom. The van der Waals surface area contributed by atoms with E-state index in [1.54, 1.807) is 19.2 Å². The minimum Gasteiger partial charge on any atom is -0.508 e. The molecule has 0 unspecified atom stereocenters. The van der Waals surface area contributed by atoms with Crippen LogP contribution < -0.4 is 4.74 Å². The first-order valence-corrected chi connectivity index (χ1v) is 15.0. The molecular formula is C33H35ClFN3O10. The molecule has 0 aliphatic carbocycles. The number of ether oxygens (including phenoxy) is 1. The first-order chi connectivity index (χ1) is 22.8. The zero-order valence-corrected chi connectivity index (χ0v) is 26.6. The highest BCUT2D eigenvalue weighted by Crippen LogP contribution is 2.32. The predicted molar refractivity (Wildman–Crippen MR) is 172 cm³/mol. The van der Waals surface area contributed by atoms with Gasteiger partial charge in [0, 0.05) is 25.6 Å². The van der Waals surface area contributed by atoms with Gasteiger partial charge in [0.05, 0.1) is 23.2 Å². The lowest BCUT2D eigenvalue weighted by Crippen LogP contribution is -2.36. The number of halogens is 2. The summed E-state index contributed by atoms with van der Waals surface area (Å²) in [4.78, 5) is 43.9. The number of aromatic hydroxyl groups is 1. The van der Waals surface area contributed by atoms with E-state index in [2.05, 4.69) is 9.47 Å². The van der Waals surface area contributed by atoms with Crippen LogP contribution in [0.5, 0.6) is 11.5 Å². The molecule has 4 aromatic rings. The molecule has 0 amide bonds. The van der Waals surface area contributed by atoms with Crippen LogP contribution in [0.1, 0.15) is 29.8 Å². The zero-order chi connectivity index (χ0) is 35.4. The number of methoxy groups -OCH3 is 1. The molecule has 0 saturated carbocycles. The monoisotopic (exact) mass is 687 g/mol. The maximum atomic E-state index is 13.5. The average molecular weight is 688 g/mol. The van der Waals surface area contributed by atoms with Crippen molar-refractivity contribution in [2.75, 3.05) is 26.7 Å². The zero-order valence-electron chi connectivity index (χ0n) is 25.9. The number of phenols is 1. The number of rotatable bonds is 8. The molecule has 256 valence electrons. The molecule has 0 bridgehead atoms. The molecule has 0 spiro atoms. The van der Waals surface area contributed by atoms with Gasteiger partial charge in [-0.15, -0.1) is 0 Å². The van der Waals surface area contributed by atoms with E-state index in [1.807, 2.05) is 36.4 Å². The van der Waals surface area contributed by atoms with Crippen molar-refractivity contribution in [1.29, 1.82) is 0 Å². The topological polar surface area (TPSA) is 200 Å². The number of aromatic nitrogens is 2. The SMILES string of the molecule is COc1cc2c(cc1Cl)nc(CC1CCN(CCc3ccc(O)cc3)CC1)n2Cc1ccc(F)cc1.O=C(O)C(=O)O.O=C(O)C(=O)O. The van der Waals surface area contributed by atoms with Crippen LogP contribution in [0.15, 0.2) is 60.7 Å². The molecule has 0 atom stereocenters. The van der Waals surface area contributed by atoms with E-state index in [1.165, 1.54) is 17.7 Å². The van der Waals surface area contributed by atoms with Crippen LogP contribution in [-0.4, -0.2) is 90.6 Å². The molecule has 3 aromatic carbocycles. The fourth-order valence-electron chi connectivity index (χ4n) is 5.06. The van der Waals surface area contributed by atoms with Crippen molar-refractivity contribution >= 4 is 46.5 Å². The van der Waals surface area contributed by atoms with Crippen molar-refractivity contribution in [3.05, 3.63) is 88.5 Å². The number of nitrogens with zero attached hydrogens (tertiary/aromatic N) is 3. The molecular weight excluding hydrogens is 653 g/mol. The summed E-state index contributed by atoms with van der Waals surface area (Å²) in [6.45, 7) is 3.78. The first kappa shape index (κ1) is 37.2. The molecule has 0 radical (unpaired) electrons. The Bertz CT molecular complexity index is 1670. The molecule has 15 heteroatoms. The minimum atomic E-state index is -1.82. The molecule has 13 nitrogen and oxygen atoms in total. The van der Waals surface area contributed by atoms with Gasteiger partial charge in [-0.3, -0.25) is 0 Å². The Kier molecular flexibility index (Phi) is 13.7. The number of fused-ring (bicyclic) bond motifs is 1. The number of likely N-dealkylation sites (tertiary alicyclic amines) is 1. The second-order valence-electron chi connectivity index (χ2n) is 10.8. The van der Waals surface area contributed by atoms with Gasteiger partial charge in [0.25, 0.3) is 0 Å². The third-order valence-corrected chi connectivity index (χ3v) is 7.85. The Labute approximate surface area is 279 Å². The number of piperidine rings is 1. The van der Waals surface area contributed by atoms with E-state index in [0.717, 1.165) is 67.7 Å². The van der Waals surface area contributed by atoms with Crippen LogP contribution in [0, 0.1) is 11.7 Å². The number of carbonyl (C=O) groups is 4. The van der Waals surface area contributed by atoms with Gasteiger partial charge in [0.15, 0.2) is 0 Å². The van der Waals surface area contributed by atoms with Crippen molar-refractivity contribution in [2.24, 2.45) is 5.92 Å². The summed E-state index contributed by atoms with van der Waals surface area (Å²) in [5.41, 5.74) is 4.10. The van der Waals surface area contributed by atoms with Crippen LogP contribution >= 0.6 is 11.6 Å². The summed E-state index contributed by atoms with van der Waals surface area (Å²) in [6, 6.07) is 18.0. The Morgan fingerprint density at radius 3 is 1.94 bits per heavy atom. The van der Waals surface area contributed by atoms with Gasteiger partial charge in [0.2, 0.25) is 0 Å². The Hall–Kier alpha value is -5.21. The fraction of sp³-hybridized carbons (Fsp3) is 0.303. The van der Waals surface area contributed by atoms with Crippen molar-refractivity contribution < 1.29 is 53.8 Å². The van der Waals surface area contributed by atoms with Gasteiger partial charge in [-0.1, -0.05) is 35.9 Å². The minimum absolute atomic E-state index is 0.236. The van der Waals surface area contributed by atoms with Gasteiger partial charge >= 0.3 is 23.9 Å².